The number of halogens is 1. The number of aliphatic hydroxyl groups is 1. The molecule has 0 aliphatic carbocycles. The molecule has 5 nitrogen and oxygen atoms in total. The molecular weight excluding hydrogens is 280 g/mol. The average Bonchev–Trinajstić information content (AvgIpc) is 2.59. The van der Waals surface area contributed by atoms with E-state index in [1.54, 1.807) is 6.07 Å². The minimum atomic E-state index is -1.17. The van der Waals surface area contributed by atoms with Crippen LogP contribution < -0.4 is 4.90 Å². The second kappa shape index (κ2) is 4.89. The normalized spacial score (nSPS) is 21.1. The van der Waals surface area contributed by atoms with Crippen LogP contribution in [0, 0.1) is 16.7 Å². The molecule has 0 saturated carbocycles. The van der Waals surface area contributed by atoms with Crippen LogP contribution in [-0.4, -0.2) is 29.4 Å². The maximum absolute atomic E-state index is 12.4. The molecule has 1 N–H and O–H groups in total. The number of rotatable bonds is 2. The largest absolute Gasteiger partial charge is 0.394 e. The molecule has 1 aromatic rings. The summed E-state index contributed by atoms with van der Waals surface area (Å²) < 4.78 is 0. The Morgan fingerprint density at radius 2 is 2.10 bits per heavy atom. The molecule has 104 valence electrons. The van der Waals surface area contributed by atoms with Crippen LogP contribution in [0.1, 0.15) is 19.4 Å². The van der Waals surface area contributed by atoms with Gasteiger partial charge in [0, 0.05) is 5.69 Å². The van der Waals surface area contributed by atoms with Crippen LogP contribution in [0.3, 0.4) is 0 Å². The minimum Gasteiger partial charge on any atom is -0.394 e. The Morgan fingerprint density at radius 1 is 1.45 bits per heavy atom. The Kier molecular flexibility index (Phi) is 3.55. The van der Waals surface area contributed by atoms with Gasteiger partial charge in [-0.2, -0.15) is 5.26 Å². The quantitative estimate of drug-likeness (QED) is 0.838. The molecule has 0 aromatic heterocycles. The van der Waals surface area contributed by atoms with E-state index >= 15 is 0 Å². The summed E-state index contributed by atoms with van der Waals surface area (Å²) in [5.74, 6) is -0.715. The number of ketones is 1. The SMILES string of the molecule is CC1(C)C(=O)C(CO)N(c2ccc(C#N)c(Cl)c2)C1=O. The van der Waals surface area contributed by atoms with Gasteiger partial charge in [-0.15, -0.1) is 0 Å². The Balaban J connectivity index is 2.51. The van der Waals surface area contributed by atoms with Gasteiger partial charge < -0.3 is 5.11 Å². The summed E-state index contributed by atoms with van der Waals surface area (Å²) in [7, 11) is 0. The predicted octanol–water partition coefficient (Wildman–Crippen LogP) is 1.51. The van der Waals surface area contributed by atoms with E-state index in [1.807, 2.05) is 6.07 Å². The van der Waals surface area contributed by atoms with Gasteiger partial charge in [-0.3, -0.25) is 14.5 Å². The third-order valence-electron chi connectivity index (χ3n) is 3.51. The third-order valence-corrected chi connectivity index (χ3v) is 3.82. The van der Waals surface area contributed by atoms with Gasteiger partial charge >= 0.3 is 0 Å². The molecule has 20 heavy (non-hydrogen) atoms. The lowest BCUT2D eigenvalue weighted by molar-refractivity contribution is -0.133. The van der Waals surface area contributed by atoms with Crippen molar-refractivity contribution in [3.8, 4) is 6.07 Å². The molecule has 0 radical (unpaired) electrons. The van der Waals surface area contributed by atoms with Crippen LogP contribution in [0.4, 0.5) is 5.69 Å². The first-order valence-electron chi connectivity index (χ1n) is 6.03. The van der Waals surface area contributed by atoms with E-state index in [2.05, 4.69) is 0 Å². The first kappa shape index (κ1) is 14.5. The molecule has 1 aliphatic rings. The van der Waals surface area contributed by atoms with Crippen molar-refractivity contribution in [2.45, 2.75) is 19.9 Å². The van der Waals surface area contributed by atoms with E-state index < -0.39 is 18.1 Å². The number of nitriles is 1. The van der Waals surface area contributed by atoms with E-state index in [9.17, 15) is 14.7 Å². The Morgan fingerprint density at radius 3 is 2.60 bits per heavy atom. The van der Waals surface area contributed by atoms with Crippen molar-refractivity contribution in [1.29, 1.82) is 5.26 Å². The van der Waals surface area contributed by atoms with Crippen LogP contribution in [0.5, 0.6) is 0 Å². The summed E-state index contributed by atoms with van der Waals surface area (Å²) in [5, 5.41) is 18.4. The van der Waals surface area contributed by atoms with Crippen molar-refractivity contribution < 1.29 is 14.7 Å². The monoisotopic (exact) mass is 292 g/mol. The maximum Gasteiger partial charge on any atom is 0.240 e. The van der Waals surface area contributed by atoms with Gasteiger partial charge in [0.05, 0.1) is 17.2 Å². The lowest BCUT2D eigenvalue weighted by atomic mass is 9.88. The Bertz CT molecular complexity index is 634. The van der Waals surface area contributed by atoms with Crippen molar-refractivity contribution in [3.63, 3.8) is 0 Å². The maximum atomic E-state index is 12.4. The molecule has 2 rings (SSSR count). The molecule has 1 amide bonds. The fourth-order valence-corrected chi connectivity index (χ4v) is 2.51. The summed E-state index contributed by atoms with van der Waals surface area (Å²) in [6, 6.07) is 5.48. The smallest absolute Gasteiger partial charge is 0.240 e. The standard InChI is InChI=1S/C14H13ClN2O3/c1-14(2)12(19)11(7-18)17(13(14)20)9-4-3-8(6-16)10(15)5-9/h3-5,11,18H,7H2,1-2H3. The van der Waals surface area contributed by atoms with E-state index in [1.165, 1.54) is 30.9 Å². The van der Waals surface area contributed by atoms with Gasteiger partial charge in [-0.05, 0) is 32.0 Å². The Labute approximate surface area is 121 Å². The van der Waals surface area contributed by atoms with Crippen LogP contribution in [-0.2, 0) is 9.59 Å². The molecule has 1 aromatic carbocycles. The van der Waals surface area contributed by atoms with Crippen LogP contribution in [0.25, 0.3) is 0 Å². The molecule has 1 heterocycles. The lowest BCUT2D eigenvalue weighted by Crippen LogP contribution is -2.38. The number of anilines is 1. The number of nitrogens with zero attached hydrogens (tertiary/aromatic N) is 2. The molecule has 1 atom stereocenters. The van der Waals surface area contributed by atoms with E-state index in [4.69, 9.17) is 16.9 Å². The highest BCUT2D eigenvalue weighted by atomic mass is 35.5. The number of hydrogen-bond acceptors (Lipinski definition) is 4. The fourth-order valence-electron chi connectivity index (χ4n) is 2.29. The van der Waals surface area contributed by atoms with Crippen molar-refractivity contribution >= 4 is 29.0 Å². The highest BCUT2D eigenvalue weighted by molar-refractivity contribution is 6.32. The number of aliphatic hydroxyl groups excluding tert-OH is 1. The molecule has 1 aliphatic heterocycles. The number of benzene rings is 1. The van der Waals surface area contributed by atoms with Gasteiger partial charge in [-0.1, -0.05) is 11.6 Å². The zero-order valence-electron chi connectivity index (χ0n) is 11.1. The molecule has 1 saturated heterocycles. The second-order valence-corrected chi connectivity index (χ2v) is 5.55. The zero-order valence-corrected chi connectivity index (χ0v) is 11.8. The topological polar surface area (TPSA) is 81.4 Å². The van der Waals surface area contributed by atoms with E-state index in [-0.39, 0.29) is 22.3 Å². The van der Waals surface area contributed by atoms with E-state index in [0.717, 1.165) is 0 Å². The number of carbonyl (C=O) groups is 2. The molecule has 0 spiro atoms. The van der Waals surface area contributed by atoms with Gasteiger partial charge in [-0.25, -0.2) is 0 Å². The van der Waals surface area contributed by atoms with Crippen LogP contribution >= 0.6 is 11.6 Å². The molecule has 0 bridgehead atoms. The molecule has 1 fully saturated rings. The lowest BCUT2D eigenvalue weighted by Gasteiger charge is -2.22. The number of hydrogen-bond donors (Lipinski definition) is 1. The highest BCUT2D eigenvalue weighted by Crippen LogP contribution is 2.36. The third kappa shape index (κ3) is 1.98. The Hall–Kier alpha value is -1.90. The predicted molar refractivity (Wildman–Crippen MR) is 73.3 cm³/mol. The van der Waals surface area contributed by atoms with Crippen molar-refractivity contribution in [1.82, 2.24) is 0 Å². The highest BCUT2D eigenvalue weighted by Gasteiger charge is 2.53. The van der Waals surface area contributed by atoms with Gasteiger partial charge in [0.25, 0.3) is 0 Å². The first-order valence-corrected chi connectivity index (χ1v) is 6.41. The summed E-state index contributed by atoms with van der Waals surface area (Å²) in [4.78, 5) is 25.8. The minimum absolute atomic E-state index is 0.201. The average molecular weight is 293 g/mol. The second-order valence-electron chi connectivity index (χ2n) is 5.14. The van der Waals surface area contributed by atoms with Gasteiger partial charge in [0.1, 0.15) is 17.5 Å². The number of amides is 1. The number of carbonyl (C=O) groups excluding carboxylic acids is 2. The number of Topliss-reactive ketones (excluding diaryl/α,β-unsaturated/α-hetero) is 1. The molecule has 1 unspecified atom stereocenters. The van der Waals surface area contributed by atoms with Crippen molar-refractivity contribution in [2.24, 2.45) is 5.41 Å². The van der Waals surface area contributed by atoms with Crippen molar-refractivity contribution in [2.75, 3.05) is 11.5 Å². The van der Waals surface area contributed by atoms with E-state index in [0.29, 0.717) is 5.69 Å². The summed E-state index contributed by atoms with van der Waals surface area (Å²) >= 11 is 5.95. The van der Waals surface area contributed by atoms with Gasteiger partial charge in [0.2, 0.25) is 5.91 Å². The summed E-state index contributed by atoms with van der Waals surface area (Å²) in [6.07, 6.45) is 0. The first-order chi connectivity index (χ1) is 9.34. The zero-order chi connectivity index (χ0) is 15.1. The summed E-state index contributed by atoms with van der Waals surface area (Å²) in [6.45, 7) is 2.61. The fraction of sp³-hybridized carbons (Fsp3) is 0.357. The van der Waals surface area contributed by atoms with Crippen molar-refractivity contribution in [3.05, 3.63) is 28.8 Å². The molecular formula is C14H13ClN2O3. The van der Waals surface area contributed by atoms with Crippen LogP contribution in [0.15, 0.2) is 18.2 Å². The molecule has 6 heteroatoms. The summed E-state index contributed by atoms with van der Waals surface area (Å²) in [5.41, 5.74) is -0.487. The van der Waals surface area contributed by atoms with Gasteiger partial charge in [0.15, 0.2) is 5.78 Å². The van der Waals surface area contributed by atoms with Crippen LogP contribution in [0.2, 0.25) is 5.02 Å².